The number of rotatable bonds is 5. The lowest BCUT2D eigenvalue weighted by atomic mass is 10.0. The van der Waals surface area contributed by atoms with E-state index in [4.69, 9.17) is 16.4 Å². The minimum Gasteiger partial charge on any atom is -0.368 e. The number of carbonyl (C=O) groups excluding carboxylic acids is 1. The van der Waals surface area contributed by atoms with E-state index in [1.54, 1.807) is 0 Å². The summed E-state index contributed by atoms with van der Waals surface area (Å²) in [6, 6.07) is 0.418. The van der Waals surface area contributed by atoms with Gasteiger partial charge in [0.05, 0.1) is 22.9 Å². The summed E-state index contributed by atoms with van der Waals surface area (Å²) in [5, 5.41) is 5.52. The number of nitrogens with one attached hydrogen (secondary N) is 2. The standard InChI is InChI=1S/C24H29N7O2/c1-15-19-14-27-24(28-20-8-7-18(13-26-20)30-11-9-25-10-12-30)29-22(19)31(17-5-3-4-6-17)23(33)21(15)16(2)32/h7-8,13-14,17,25H,3-6,9-12H2,1-2H3,(H,26,27,28,29)/i3D2,4D2,5D2,6D2,11D2,12D2. The Morgan fingerprint density at radius 1 is 1.18 bits per heavy atom. The van der Waals surface area contributed by atoms with Crippen LogP contribution in [0.4, 0.5) is 17.5 Å². The summed E-state index contributed by atoms with van der Waals surface area (Å²) >= 11 is 0. The lowest BCUT2D eigenvalue weighted by Gasteiger charge is -2.29. The second-order valence-corrected chi connectivity index (χ2v) is 7.39. The van der Waals surface area contributed by atoms with Crippen molar-refractivity contribution in [1.29, 1.82) is 0 Å². The molecule has 9 heteroatoms. The first kappa shape index (κ1) is 11.7. The van der Waals surface area contributed by atoms with Crippen molar-refractivity contribution in [2.45, 2.75) is 45.4 Å². The highest BCUT2D eigenvalue weighted by Crippen LogP contribution is 2.32. The Morgan fingerprint density at radius 3 is 2.61 bits per heavy atom. The molecule has 0 amide bonds. The highest BCUT2D eigenvalue weighted by Gasteiger charge is 2.25. The van der Waals surface area contributed by atoms with E-state index in [-0.39, 0.29) is 47.1 Å². The number of aryl methyl sites for hydroxylation is 1. The van der Waals surface area contributed by atoms with Crippen molar-refractivity contribution in [1.82, 2.24) is 24.8 Å². The molecule has 0 aromatic carbocycles. The van der Waals surface area contributed by atoms with Gasteiger partial charge in [-0.3, -0.25) is 14.2 Å². The zero-order valence-electron chi connectivity index (χ0n) is 29.9. The maximum atomic E-state index is 13.8. The number of hydrogen-bond donors (Lipinski definition) is 2. The number of piperazine rings is 1. The zero-order valence-corrected chi connectivity index (χ0v) is 17.9. The summed E-state index contributed by atoms with van der Waals surface area (Å²) < 4.78 is 100. The van der Waals surface area contributed by atoms with Crippen molar-refractivity contribution >= 4 is 34.3 Å². The lowest BCUT2D eigenvalue weighted by molar-refractivity contribution is 0.101. The third kappa shape index (κ3) is 4.08. The number of anilines is 3. The molecule has 1 saturated heterocycles. The number of fused-ring (bicyclic) bond motifs is 1. The van der Waals surface area contributed by atoms with E-state index in [2.05, 4.69) is 25.6 Å². The molecule has 0 radical (unpaired) electrons. The fourth-order valence-corrected chi connectivity index (χ4v) is 3.70. The molecule has 3 aromatic rings. The van der Waals surface area contributed by atoms with Crippen molar-refractivity contribution in [2.75, 3.05) is 36.3 Å². The second kappa shape index (κ2) is 8.90. The van der Waals surface area contributed by atoms with Gasteiger partial charge in [0.25, 0.3) is 5.56 Å². The minimum atomic E-state index is -3.41. The average molecular weight is 460 g/mol. The first-order chi connectivity index (χ1) is 20.5. The Labute approximate surface area is 209 Å². The van der Waals surface area contributed by atoms with E-state index in [1.807, 2.05) is 0 Å². The van der Waals surface area contributed by atoms with Crippen LogP contribution in [-0.4, -0.2) is 51.4 Å². The fraction of sp³-hybridized carbons (Fsp3) is 0.458. The van der Waals surface area contributed by atoms with Gasteiger partial charge in [0.2, 0.25) is 5.95 Å². The van der Waals surface area contributed by atoms with Gasteiger partial charge in [0.15, 0.2) is 5.78 Å². The molecule has 0 bridgehead atoms. The van der Waals surface area contributed by atoms with Crippen LogP contribution in [-0.2, 0) is 0 Å². The quantitative estimate of drug-likeness (QED) is 0.561. The maximum absolute atomic E-state index is 13.8. The average Bonchev–Trinajstić information content (AvgIpc) is 2.96. The van der Waals surface area contributed by atoms with Crippen LogP contribution < -0.4 is 21.1 Å². The molecule has 9 nitrogen and oxygen atoms in total. The predicted molar refractivity (Wildman–Crippen MR) is 129 cm³/mol. The van der Waals surface area contributed by atoms with Gasteiger partial charge >= 0.3 is 0 Å². The minimum absolute atomic E-state index is 0.0384. The topological polar surface area (TPSA) is 105 Å². The molecule has 33 heavy (non-hydrogen) atoms. The first-order valence-corrected chi connectivity index (χ1v) is 10.2. The molecule has 4 heterocycles. The van der Waals surface area contributed by atoms with Crippen LogP contribution in [0.1, 0.15) is 70.8 Å². The van der Waals surface area contributed by atoms with Crippen molar-refractivity contribution in [3.63, 3.8) is 0 Å². The van der Waals surface area contributed by atoms with Gasteiger partial charge in [-0.15, -0.1) is 0 Å². The predicted octanol–water partition coefficient (Wildman–Crippen LogP) is 2.97. The van der Waals surface area contributed by atoms with E-state index in [0.29, 0.717) is 4.57 Å². The van der Waals surface area contributed by atoms with E-state index >= 15 is 0 Å². The number of Topliss-reactive ketones (excluding diaryl/α,β-unsaturated/α-hetero) is 1. The number of ketones is 1. The Morgan fingerprint density at radius 2 is 1.94 bits per heavy atom. The van der Waals surface area contributed by atoms with Crippen molar-refractivity contribution in [2.24, 2.45) is 0 Å². The van der Waals surface area contributed by atoms with Crippen molar-refractivity contribution < 1.29 is 21.2 Å². The van der Waals surface area contributed by atoms with Crippen molar-refractivity contribution in [3.8, 4) is 0 Å². The molecule has 1 aliphatic carbocycles. The third-order valence-electron chi connectivity index (χ3n) is 5.27. The highest BCUT2D eigenvalue weighted by atomic mass is 16.1. The van der Waals surface area contributed by atoms with E-state index < -0.39 is 61.4 Å². The van der Waals surface area contributed by atoms with Crippen LogP contribution in [0.2, 0.25) is 0 Å². The van der Waals surface area contributed by atoms with Gasteiger partial charge in [-0.25, -0.2) is 9.97 Å². The molecule has 0 atom stereocenters. The third-order valence-corrected chi connectivity index (χ3v) is 5.27. The lowest BCUT2D eigenvalue weighted by Crippen LogP contribution is -2.43. The molecule has 0 unspecified atom stereocenters. The normalized spacial score (nSPS) is 31.5. The maximum Gasteiger partial charge on any atom is 0.263 e. The number of carbonyl (C=O) groups is 1. The van der Waals surface area contributed by atoms with Crippen LogP contribution in [0, 0.1) is 6.92 Å². The summed E-state index contributed by atoms with van der Waals surface area (Å²) in [7, 11) is 0. The molecule has 1 aliphatic heterocycles. The molecular weight excluding hydrogens is 418 g/mol. The van der Waals surface area contributed by atoms with Gasteiger partial charge in [0.1, 0.15) is 11.5 Å². The fourth-order valence-electron chi connectivity index (χ4n) is 3.70. The summed E-state index contributed by atoms with van der Waals surface area (Å²) in [6.45, 7) is -1.87. The van der Waals surface area contributed by atoms with Crippen LogP contribution in [0.5, 0.6) is 0 Å². The van der Waals surface area contributed by atoms with Gasteiger partial charge in [0, 0.05) is 54.7 Å². The second-order valence-electron chi connectivity index (χ2n) is 7.39. The molecular formula is C24H29N7O2. The van der Waals surface area contributed by atoms with Gasteiger partial charge in [-0.05, 0) is 44.3 Å². The monoisotopic (exact) mass is 459 g/mol. The van der Waals surface area contributed by atoms with Gasteiger partial charge in [-0.2, -0.15) is 4.98 Å². The van der Waals surface area contributed by atoms with Crippen LogP contribution >= 0.6 is 0 Å². The summed E-state index contributed by atoms with van der Waals surface area (Å²) in [5.41, 5.74) is -1.74. The van der Waals surface area contributed by atoms with E-state index in [1.165, 1.54) is 31.5 Å². The number of aromatic nitrogens is 4. The largest absolute Gasteiger partial charge is 0.368 e. The SMILES string of the molecule is [2H]C1([2H])CNCC([2H])([2H])N1c1ccc(Nc2ncc3c(C)c(C(C)=O)c(=O)n(C4C([2H])([2H])C([2H])([2H])C([2H])([2H])C4([2H])[2H])c3n2)nc1. The summed E-state index contributed by atoms with van der Waals surface area (Å²) in [6.07, 6.45) is -11.0. The smallest absolute Gasteiger partial charge is 0.263 e. The van der Waals surface area contributed by atoms with Gasteiger partial charge < -0.3 is 15.5 Å². The van der Waals surface area contributed by atoms with E-state index in [9.17, 15) is 9.59 Å². The molecule has 2 fully saturated rings. The zero-order chi connectivity index (χ0) is 33.7. The molecule has 1 saturated carbocycles. The first-order valence-electron chi connectivity index (χ1n) is 16.2. The molecule has 172 valence electrons. The molecule has 5 rings (SSSR count). The van der Waals surface area contributed by atoms with Crippen LogP contribution in [0.3, 0.4) is 0 Å². The Balaban J connectivity index is 1.64. The number of nitrogens with zero attached hydrogens (tertiary/aromatic N) is 5. The highest BCUT2D eigenvalue weighted by molar-refractivity contribution is 5.99. The number of pyridine rings is 2. The van der Waals surface area contributed by atoms with Crippen molar-refractivity contribution in [3.05, 3.63) is 46.0 Å². The summed E-state index contributed by atoms with van der Waals surface area (Å²) in [5.74, 6) is -0.869. The summed E-state index contributed by atoms with van der Waals surface area (Å²) in [4.78, 5) is 40.0. The molecule has 0 spiro atoms. The Hall–Kier alpha value is -3.33. The number of hydrogen-bond acceptors (Lipinski definition) is 8. The molecule has 3 aromatic heterocycles. The van der Waals surface area contributed by atoms with Gasteiger partial charge in [-0.1, -0.05) is 12.7 Å². The van der Waals surface area contributed by atoms with Crippen LogP contribution in [0.15, 0.2) is 29.3 Å². The molecule has 2 N–H and O–H groups in total. The Kier molecular flexibility index (Phi) is 3.15. The van der Waals surface area contributed by atoms with Crippen LogP contribution in [0.25, 0.3) is 11.0 Å². The van der Waals surface area contributed by atoms with E-state index in [0.717, 1.165) is 11.8 Å². The Bertz CT molecular complexity index is 1720. The molecule has 2 aliphatic rings.